The van der Waals surface area contributed by atoms with Crippen molar-refractivity contribution in [2.45, 2.75) is 26.3 Å². The summed E-state index contributed by atoms with van der Waals surface area (Å²) in [6.07, 6.45) is 0.852. The molecular formula is C26H32N2O5. The fraction of sp³-hybridized carbons (Fsp3) is 0.385. The number of carbonyl (C=O) groups excluding carboxylic acids is 2. The fourth-order valence-corrected chi connectivity index (χ4v) is 3.79. The minimum atomic E-state index is -0.694. The van der Waals surface area contributed by atoms with Gasteiger partial charge in [0.25, 0.3) is 11.7 Å². The zero-order chi connectivity index (χ0) is 24.0. The van der Waals surface area contributed by atoms with Crippen molar-refractivity contribution in [2.24, 2.45) is 0 Å². The third-order valence-electron chi connectivity index (χ3n) is 5.42. The van der Waals surface area contributed by atoms with E-state index in [0.29, 0.717) is 43.4 Å². The van der Waals surface area contributed by atoms with Crippen LogP contribution < -0.4 is 9.47 Å². The van der Waals surface area contributed by atoms with E-state index in [2.05, 4.69) is 0 Å². The van der Waals surface area contributed by atoms with Gasteiger partial charge in [0.1, 0.15) is 17.3 Å². The number of Topliss-reactive ketones (excluding diaryl/α,β-unsaturated/α-hetero) is 1. The molecule has 176 valence electrons. The van der Waals surface area contributed by atoms with Gasteiger partial charge in [-0.15, -0.1) is 0 Å². The largest absolute Gasteiger partial charge is 0.507 e. The zero-order valence-corrected chi connectivity index (χ0v) is 19.7. The van der Waals surface area contributed by atoms with Crippen LogP contribution in [0.4, 0.5) is 0 Å². The zero-order valence-electron chi connectivity index (χ0n) is 19.7. The number of benzene rings is 2. The first-order valence-electron chi connectivity index (χ1n) is 11.3. The summed E-state index contributed by atoms with van der Waals surface area (Å²) in [6, 6.07) is 13.5. The minimum Gasteiger partial charge on any atom is -0.507 e. The van der Waals surface area contributed by atoms with E-state index in [1.165, 1.54) is 4.90 Å². The highest BCUT2D eigenvalue weighted by molar-refractivity contribution is 6.46. The van der Waals surface area contributed by atoms with Crippen LogP contribution >= 0.6 is 0 Å². The van der Waals surface area contributed by atoms with E-state index in [1.54, 1.807) is 24.3 Å². The van der Waals surface area contributed by atoms with Crippen molar-refractivity contribution in [1.29, 1.82) is 0 Å². The van der Waals surface area contributed by atoms with Gasteiger partial charge in [0.05, 0.1) is 24.8 Å². The van der Waals surface area contributed by atoms with Crippen molar-refractivity contribution in [2.75, 3.05) is 40.4 Å². The molecule has 1 N–H and O–H groups in total. The lowest BCUT2D eigenvalue weighted by atomic mass is 9.95. The van der Waals surface area contributed by atoms with E-state index >= 15 is 0 Å². The van der Waals surface area contributed by atoms with Crippen LogP contribution in [-0.2, 0) is 9.59 Å². The van der Waals surface area contributed by atoms with Gasteiger partial charge in [-0.1, -0.05) is 31.2 Å². The number of ether oxygens (including phenoxy) is 2. The van der Waals surface area contributed by atoms with Gasteiger partial charge >= 0.3 is 0 Å². The molecule has 3 rings (SSSR count). The monoisotopic (exact) mass is 452 g/mol. The second-order valence-corrected chi connectivity index (χ2v) is 8.17. The summed E-state index contributed by atoms with van der Waals surface area (Å²) in [7, 11) is 3.81. The number of amides is 1. The minimum absolute atomic E-state index is 0.0792. The standard InChI is InChI=1S/C26H32N2O5/c1-5-16-33-21-9-7-8-19(17-21)24(29)22-23(18-10-12-20(13-11-18)32-6-2)28(15-14-27(3)4)26(31)25(22)30/h7-13,17,23,29H,5-6,14-16H2,1-4H3/b24-22+. The number of nitrogens with zero attached hydrogens (tertiary/aromatic N) is 2. The molecule has 0 spiro atoms. The van der Waals surface area contributed by atoms with Crippen LogP contribution in [0.15, 0.2) is 54.1 Å². The van der Waals surface area contributed by atoms with Crippen LogP contribution in [0.3, 0.4) is 0 Å². The van der Waals surface area contributed by atoms with Crippen molar-refractivity contribution in [3.63, 3.8) is 0 Å². The van der Waals surface area contributed by atoms with Crippen LogP contribution in [0.1, 0.15) is 37.4 Å². The van der Waals surface area contributed by atoms with Gasteiger partial charge in [-0.05, 0) is 57.3 Å². The van der Waals surface area contributed by atoms with Gasteiger partial charge < -0.3 is 24.4 Å². The number of aliphatic hydroxyl groups is 1. The van der Waals surface area contributed by atoms with Crippen LogP contribution in [0.5, 0.6) is 11.5 Å². The molecule has 7 heteroatoms. The van der Waals surface area contributed by atoms with Gasteiger partial charge in [-0.25, -0.2) is 0 Å². The Morgan fingerprint density at radius 1 is 1.03 bits per heavy atom. The lowest BCUT2D eigenvalue weighted by molar-refractivity contribution is -0.140. The quantitative estimate of drug-likeness (QED) is 0.335. The molecule has 2 aromatic carbocycles. The van der Waals surface area contributed by atoms with Crippen LogP contribution in [-0.4, -0.2) is 67.0 Å². The second kappa shape index (κ2) is 11.0. The number of likely N-dealkylation sites (N-methyl/N-ethyl adjacent to an activating group) is 1. The van der Waals surface area contributed by atoms with Crippen molar-refractivity contribution >= 4 is 17.4 Å². The molecule has 0 bridgehead atoms. The van der Waals surface area contributed by atoms with E-state index in [-0.39, 0.29) is 11.3 Å². The molecule has 1 unspecified atom stereocenters. The Morgan fingerprint density at radius 3 is 2.39 bits per heavy atom. The maximum absolute atomic E-state index is 13.1. The highest BCUT2D eigenvalue weighted by atomic mass is 16.5. The predicted octanol–water partition coefficient (Wildman–Crippen LogP) is 3.86. The summed E-state index contributed by atoms with van der Waals surface area (Å²) in [5, 5.41) is 11.2. The molecule has 0 saturated carbocycles. The Labute approximate surface area is 195 Å². The Bertz CT molecular complexity index is 1010. The Balaban J connectivity index is 2.08. The number of ketones is 1. The van der Waals surface area contributed by atoms with Crippen molar-refractivity contribution in [1.82, 2.24) is 9.80 Å². The van der Waals surface area contributed by atoms with E-state index in [0.717, 1.165) is 12.0 Å². The fourth-order valence-electron chi connectivity index (χ4n) is 3.79. The molecule has 7 nitrogen and oxygen atoms in total. The summed E-state index contributed by atoms with van der Waals surface area (Å²) in [6.45, 7) is 5.94. The number of hydrogen-bond acceptors (Lipinski definition) is 6. The van der Waals surface area contributed by atoms with Gasteiger partial charge in [-0.3, -0.25) is 9.59 Å². The Hall–Kier alpha value is -3.32. The molecule has 1 saturated heterocycles. The summed E-state index contributed by atoms with van der Waals surface area (Å²) < 4.78 is 11.2. The molecule has 1 atom stereocenters. The first kappa shape index (κ1) is 24.3. The Morgan fingerprint density at radius 2 is 1.76 bits per heavy atom. The third-order valence-corrected chi connectivity index (χ3v) is 5.42. The molecule has 1 heterocycles. The first-order valence-corrected chi connectivity index (χ1v) is 11.3. The van der Waals surface area contributed by atoms with Crippen molar-refractivity contribution in [3.8, 4) is 11.5 Å². The molecule has 33 heavy (non-hydrogen) atoms. The summed E-state index contributed by atoms with van der Waals surface area (Å²) in [5.41, 5.74) is 1.25. The molecule has 1 aliphatic rings. The van der Waals surface area contributed by atoms with Gasteiger partial charge in [0.15, 0.2) is 0 Å². The summed E-state index contributed by atoms with van der Waals surface area (Å²) >= 11 is 0. The van der Waals surface area contributed by atoms with Gasteiger partial charge in [0.2, 0.25) is 0 Å². The number of aliphatic hydroxyl groups excluding tert-OH is 1. The molecule has 1 aliphatic heterocycles. The summed E-state index contributed by atoms with van der Waals surface area (Å²) in [4.78, 5) is 29.6. The number of likely N-dealkylation sites (tertiary alicyclic amines) is 1. The van der Waals surface area contributed by atoms with Gasteiger partial charge in [-0.2, -0.15) is 0 Å². The molecule has 1 amide bonds. The normalized spacial score (nSPS) is 17.6. The smallest absolute Gasteiger partial charge is 0.295 e. The number of hydrogen-bond donors (Lipinski definition) is 1. The molecule has 0 radical (unpaired) electrons. The van der Waals surface area contributed by atoms with Crippen molar-refractivity contribution in [3.05, 3.63) is 65.2 Å². The van der Waals surface area contributed by atoms with E-state index in [4.69, 9.17) is 9.47 Å². The van der Waals surface area contributed by atoms with E-state index in [1.807, 2.05) is 57.1 Å². The summed E-state index contributed by atoms with van der Waals surface area (Å²) in [5.74, 6) is -0.213. The molecule has 0 aliphatic carbocycles. The van der Waals surface area contributed by atoms with Crippen LogP contribution in [0.25, 0.3) is 5.76 Å². The molecule has 1 fully saturated rings. The third kappa shape index (κ3) is 5.54. The lowest BCUT2D eigenvalue weighted by Crippen LogP contribution is -2.35. The maximum atomic E-state index is 13.1. The first-order chi connectivity index (χ1) is 15.9. The van der Waals surface area contributed by atoms with Gasteiger partial charge in [0, 0.05) is 18.7 Å². The highest BCUT2D eigenvalue weighted by Gasteiger charge is 2.45. The maximum Gasteiger partial charge on any atom is 0.295 e. The van der Waals surface area contributed by atoms with Crippen LogP contribution in [0.2, 0.25) is 0 Å². The highest BCUT2D eigenvalue weighted by Crippen LogP contribution is 2.40. The lowest BCUT2D eigenvalue weighted by Gasteiger charge is -2.26. The number of rotatable bonds is 10. The topological polar surface area (TPSA) is 79.3 Å². The van der Waals surface area contributed by atoms with E-state index < -0.39 is 17.7 Å². The molecular weight excluding hydrogens is 420 g/mol. The molecule has 2 aromatic rings. The SMILES string of the molecule is CCCOc1cccc(/C(O)=C2\C(=O)C(=O)N(CCN(C)C)C2c2ccc(OCC)cc2)c1. The van der Waals surface area contributed by atoms with Crippen LogP contribution in [0, 0.1) is 0 Å². The second-order valence-electron chi connectivity index (χ2n) is 8.17. The number of carbonyl (C=O) groups is 2. The Kier molecular flexibility index (Phi) is 8.11. The van der Waals surface area contributed by atoms with Crippen molar-refractivity contribution < 1.29 is 24.2 Å². The predicted molar refractivity (Wildman–Crippen MR) is 127 cm³/mol. The average Bonchev–Trinajstić information content (AvgIpc) is 3.06. The van der Waals surface area contributed by atoms with E-state index in [9.17, 15) is 14.7 Å². The molecule has 0 aromatic heterocycles. The average molecular weight is 453 g/mol.